The largest absolute Gasteiger partial charge is 0.338 e. The Morgan fingerprint density at radius 1 is 0.824 bits per heavy atom. The summed E-state index contributed by atoms with van der Waals surface area (Å²) in [4.78, 5) is 10.4. The predicted octanol–water partition coefficient (Wildman–Crippen LogP) is 3.12. The lowest BCUT2D eigenvalue weighted by Crippen LogP contribution is -2.20. The van der Waals surface area contributed by atoms with Crippen LogP contribution in [0.3, 0.4) is 0 Å². The first kappa shape index (κ1) is 13.5. The molecule has 2 aromatic carbocycles. The standard InChI is InChI=1S/C12H9I2O2P/c13-9-5-1-3-7-11(9)17(15,16)12-8-4-2-6-10(12)14/h1-8H,(H,15,16). The molecule has 0 radical (unpaired) electrons. The summed E-state index contributed by atoms with van der Waals surface area (Å²) < 4.78 is 14.2. The summed E-state index contributed by atoms with van der Waals surface area (Å²) in [6.07, 6.45) is 0. The van der Waals surface area contributed by atoms with Crippen molar-refractivity contribution in [3.05, 3.63) is 55.7 Å². The summed E-state index contributed by atoms with van der Waals surface area (Å²) in [7, 11) is -3.49. The van der Waals surface area contributed by atoms with Crippen molar-refractivity contribution in [3.8, 4) is 0 Å². The predicted molar refractivity (Wildman–Crippen MR) is 87.4 cm³/mol. The van der Waals surface area contributed by atoms with E-state index in [1.165, 1.54) is 0 Å². The first-order valence-electron chi connectivity index (χ1n) is 4.86. The van der Waals surface area contributed by atoms with E-state index in [0.717, 1.165) is 7.14 Å². The van der Waals surface area contributed by atoms with Crippen LogP contribution in [0.4, 0.5) is 0 Å². The molecule has 0 unspecified atom stereocenters. The average molecular weight is 470 g/mol. The molecule has 0 spiro atoms. The van der Waals surface area contributed by atoms with E-state index in [-0.39, 0.29) is 0 Å². The molecule has 0 amide bonds. The lowest BCUT2D eigenvalue weighted by Gasteiger charge is -2.15. The van der Waals surface area contributed by atoms with Gasteiger partial charge in [-0.1, -0.05) is 24.3 Å². The van der Waals surface area contributed by atoms with Crippen molar-refractivity contribution in [2.75, 3.05) is 0 Å². The van der Waals surface area contributed by atoms with Gasteiger partial charge in [-0.2, -0.15) is 0 Å². The Hall–Kier alpha value is 0.0900. The molecule has 0 aliphatic carbocycles. The van der Waals surface area contributed by atoms with Gasteiger partial charge in [0.25, 0.3) is 7.37 Å². The van der Waals surface area contributed by atoms with E-state index in [4.69, 9.17) is 0 Å². The van der Waals surface area contributed by atoms with Gasteiger partial charge in [0.05, 0.1) is 10.6 Å². The fourth-order valence-electron chi connectivity index (χ4n) is 1.52. The van der Waals surface area contributed by atoms with Gasteiger partial charge in [-0.25, -0.2) is 0 Å². The van der Waals surface area contributed by atoms with Crippen LogP contribution in [0.5, 0.6) is 0 Å². The highest BCUT2D eigenvalue weighted by Crippen LogP contribution is 2.40. The first-order chi connectivity index (χ1) is 8.03. The summed E-state index contributed by atoms with van der Waals surface area (Å²) in [5.41, 5.74) is 0. The molecular weight excluding hydrogens is 461 g/mol. The molecule has 88 valence electrons. The molecule has 0 aliphatic rings. The van der Waals surface area contributed by atoms with Crippen molar-refractivity contribution in [1.29, 1.82) is 0 Å². The van der Waals surface area contributed by atoms with E-state index in [9.17, 15) is 9.46 Å². The van der Waals surface area contributed by atoms with E-state index < -0.39 is 7.37 Å². The molecule has 1 N–H and O–H groups in total. The molecule has 5 heteroatoms. The SMILES string of the molecule is O=P(O)(c1ccccc1I)c1ccccc1I. The third-order valence-electron chi connectivity index (χ3n) is 2.36. The van der Waals surface area contributed by atoms with Crippen LogP contribution in [0.15, 0.2) is 48.5 Å². The number of halogens is 2. The Bertz CT molecular complexity index is 549. The molecule has 0 aromatic heterocycles. The molecule has 0 fully saturated rings. The monoisotopic (exact) mass is 470 g/mol. The van der Waals surface area contributed by atoms with Gasteiger partial charge < -0.3 is 4.89 Å². The number of hydrogen-bond donors (Lipinski definition) is 1. The highest BCUT2D eigenvalue weighted by atomic mass is 127. The van der Waals surface area contributed by atoms with Gasteiger partial charge in [-0.05, 0) is 69.4 Å². The fraction of sp³-hybridized carbons (Fsp3) is 0. The van der Waals surface area contributed by atoms with Gasteiger partial charge >= 0.3 is 0 Å². The summed E-state index contributed by atoms with van der Waals surface area (Å²) >= 11 is 4.18. The van der Waals surface area contributed by atoms with E-state index in [1.54, 1.807) is 24.3 Å². The number of benzene rings is 2. The molecule has 0 saturated heterocycles. The molecule has 2 aromatic rings. The van der Waals surface area contributed by atoms with Gasteiger partial charge in [0, 0.05) is 7.14 Å². The lowest BCUT2D eigenvalue weighted by molar-refractivity contribution is 0.500. The summed E-state index contributed by atoms with van der Waals surface area (Å²) in [5, 5.41) is 1.01. The highest BCUT2D eigenvalue weighted by molar-refractivity contribution is 14.1. The maximum Gasteiger partial charge on any atom is 0.260 e. The highest BCUT2D eigenvalue weighted by Gasteiger charge is 2.28. The summed E-state index contributed by atoms with van der Waals surface area (Å²) in [6.45, 7) is 0. The molecule has 2 nitrogen and oxygen atoms in total. The normalized spacial score (nSPS) is 11.5. The molecular formula is C12H9I2O2P. The van der Waals surface area contributed by atoms with Crippen molar-refractivity contribution in [2.24, 2.45) is 0 Å². The van der Waals surface area contributed by atoms with Crippen LogP contribution in [-0.4, -0.2) is 4.89 Å². The third-order valence-corrected chi connectivity index (χ3v) is 7.18. The maximum atomic E-state index is 12.6. The van der Waals surface area contributed by atoms with Crippen LogP contribution in [0.1, 0.15) is 0 Å². The van der Waals surface area contributed by atoms with Crippen LogP contribution < -0.4 is 10.6 Å². The van der Waals surface area contributed by atoms with Gasteiger partial charge in [-0.3, -0.25) is 4.57 Å². The van der Waals surface area contributed by atoms with E-state index in [1.807, 2.05) is 24.3 Å². The van der Waals surface area contributed by atoms with E-state index >= 15 is 0 Å². The molecule has 0 heterocycles. The van der Waals surface area contributed by atoms with Crippen LogP contribution in [0.25, 0.3) is 0 Å². The summed E-state index contributed by atoms with van der Waals surface area (Å²) in [5.74, 6) is 0. The van der Waals surface area contributed by atoms with Crippen molar-refractivity contribution in [3.63, 3.8) is 0 Å². The minimum absolute atomic E-state index is 0.504. The molecule has 0 saturated carbocycles. The Kier molecular flexibility index (Phi) is 4.28. The minimum atomic E-state index is -3.49. The van der Waals surface area contributed by atoms with E-state index in [2.05, 4.69) is 45.2 Å². The first-order valence-corrected chi connectivity index (χ1v) is 8.68. The molecule has 0 aliphatic heterocycles. The zero-order chi connectivity index (χ0) is 12.5. The van der Waals surface area contributed by atoms with Crippen LogP contribution in [0.2, 0.25) is 0 Å². The molecule has 0 atom stereocenters. The Balaban J connectivity index is 2.63. The second kappa shape index (κ2) is 5.38. The average Bonchev–Trinajstić information content (AvgIpc) is 2.29. The van der Waals surface area contributed by atoms with Crippen molar-refractivity contribution < 1.29 is 9.46 Å². The minimum Gasteiger partial charge on any atom is -0.338 e. The van der Waals surface area contributed by atoms with Crippen LogP contribution >= 0.6 is 52.6 Å². The maximum absolute atomic E-state index is 12.6. The topological polar surface area (TPSA) is 37.3 Å². The van der Waals surface area contributed by atoms with Crippen molar-refractivity contribution in [2.45, 2.75) is 0 Å². The lowest BCUT2D eigenvalue weighted by atomic mass is 10.4. The zero-order valence-corrected chi connectivity index (χ0v) is 13.9. The van der Waals surface area contributed by atoms with Crippen molar-refractivity contribution in [1.82, 2.24) is 0 Å². The second-order valence-electron chi connectivity index (χ2n) is 3.48. The quantitative estimate of drug-likeness (QED) is 0.542. The molecule has 17 heavy (non-hydrogen) atoms. The smallest absolute Gasteiger partial charge is 0.260 e. The second-order valence-corrected chi connectivity index (χ2v) is 7.92. The van der Waals surface area contributed by atoms with Gasteiger partial charge in [0.15, 0.2) is 0 Å². The van der Waals surface area contributed by atoms with Gasteiger partial charge in [0.1, 0.15) is 0 Å². The van der Waals surface area contributed by atoms with Crippen LogP contribution in [0, 0.1) is 7.14 Å². The van der Waals surface area contributed by atoms with E-state index in [0.29, 0.717) is 10.6 Å². The Labute approximate surface area is 127 Å². The van der Waals surface area contributed by atoms with Crippen LogP contribution in [-0.2, 0) is 4.57 Å². The molecule has 0 bridgehead atoms. The number of hydrogen-bond acceptors (Lipinski definition) is 1. The molecule has 2 rings (SSSR count). The Morgan fingerprint density at radius 2 is 1.18 bits per heavy atom. The zero-order valence-electron chi connectivity index (χ0n) is 8.68. The third kappa shape index (κ3) is 2.75. The summed E-state index contributed by atoms with van der Waals surface area (Å²) in [6, 6.07) is 14.4. The van der Waals surface area contributed by atoms with Crippen molar-refractivity contribution >= 4 is 63.2 Å². The van der Waals surface area contributed by atoms with Gasteiger partial charge in [0.2, 0.25) is 0 Å². The van der Waals surface area contributed by atoms with Gasteiger partial charge in [-0.15, -0.1) is 0 Å². The fourth-order valence-corrected chi connectivity index (χ4v) is 5.83. The number of rotatable bonds is 2. The Morgan fingerprint density at radius 3 is 1.53 bits per heavy atom.